The van der Waals surface area contributed by atoms with Gasteiger partial charge < -0.3 is 9.64 Å². The second kappa shape index (κ2) is 6.83. The Balaban J connectivity index is 1.37. The summed E-state index contributed by atoms with van der Waals surface area (Å²) >= 11 is 2.23. The van der Waals surface area contributed by atoms with Gasteiger partial charge in [0.1, 0.15) is 5.75 Å². The molecular weight excluding hydrogens is 425 g/mol. The summed E-state index contributed by atoms with van der Waals surface area (Å²) in [7, 11) is 0. The van der Waals surface area contributed by atoms with Gasteiger partial charge in [0.15, 0.2) is 6.61 Å². The van der Waals surface area contributed by atoms with Crippen molar-refractivity contribution in [3.63, 3.8) is 0 Å². The molecule has 0 unspecified atom stereocenters. The zero-order valence-electron chi connectivity index (χ0n) is 14.0. The van der Waals surface area contributed by atoms with Crippen molar-refractivity contribution in [1.82, 2.24) is 4.90 Å². The first-order valence-corrected chi connectivity index (χ1v) is 9.70. The third-order valence-corrected chi connectivity index (χ3v) is 6.17. The van der Waals surface area contributed by atoms with Crippen LogP contribution in [0.4, 0.5) is 0 Å². The van der Waals surface area contributed by atoms with Crippen molar-refractivity contribution in [1.29, 1.82) is 0 Å². The standard InChI is InChI=1S/C21H20INO2/c22-18-7-3-4-8-19(18)25-15-20(24)23-13-11-21(12-14-23)10-9-16-5-1-2-6-17(16)21/h1-10H,11-15H2. The molecule has 0 bridgehead atoms. The number of likely N-dealkylation sites (tertiary alicyclic amines) is 1. The maximum absolute atomic E-state index is 12.5. The molecule has 3 nitrogen and oxygen atoms in total. The smallest absolute Gasteiger partial charge is 0.260 e. The zero-order valence-corrected chi connectivity index (χ0v) is 16.1. The molecule has 1 amide bonds. The molecule has 1 aliphatic carbocycles. The molecule has 0 atom stereocenters. The van der Waals surface area contributed by atoms with Crippen LogP contribution in [0, 0.1) is 3.57 Å². The van der Waals surface area contributed by atoms with Crippen molar-refractivity contribution >= 4 is 34.6 Å². The summed E-state index contributed by atoms with van der Waals surface area (Å²) < 4.78 is 6.74. The minimum Gasteiger partial charge on any atom is -0.483 e. The van der Waals surface area contributed by atoms with Gasteiger partial charge >= 0.3 is 0 Å². The van der Waals surface area contributed by atoms with Gasteiger partial charge in [-0.2, -0.15) is 0 Å². The third kappa shape index (κ3) is 3.19. The first-order valence-electron chi connectivity index (χ1n) is 8.62. The maximum atomic E-state index is 12.5. The fourth-order valence-corrected chi connectivity index (χ4v) is 4.36. The van der Waals surface area contributed by atoms with Crippen LogP contribution in [0.5, 0.6) is 5.75 Å². The number of allylic oxidation sites excluding steroid dienone is 1. The highest BCUT2D eigenvalue weighted by atomic mass is 127. The fourth-order valence-electron chi connectivity index (χ4n) is 3.82. The Hall–Kier alpha value is -1.82. The molecule has 2 aliphatic rings. The molecule has 0 saturated carbocycles. The first-order chi connectivity index (χ1) is 12.2. The van der Waals surface area contributed by atoms with E-state index < -0.39 is 0 Å². The van der Waals surface area contributed by atoms with Gasteiger partial charge in [-0.25, -0.2) is 0 Å². The van der Waals surface area contributed by atoms with Crippen LogP contribution in [0.3, 0.4) is 0 Å². The summed E-state index contributed by atoms with van der Waals surface area (Å²) in [5, 5.41) is 0. The number of para-hydroxylation sites is 1. The molecule has 1 aliphatic heterocycles. The summed E-state index contributed by atoms with van der Waals surface area (Å²) in [4.78, 5) is 14.5. The number of amides is 1. The van der Waals surface area contributed by atoms with Gasteiger partial charge in [0, 0.05) is 18.5 Å². The van der Waals surface area contributed by atoms with E-state index in [1.54, 1.807) is 0 Å². The zero-order chi connectivity index (χ0) is 17.3. The second-order valence-corrected chi connectivity index (χ2v) is 7.84. The molecule has 1 spiro atoms. The van der Waals surface area contributed by atoms with Crippen molar-refractivity contribution in [3.05, 3.63) is 69.3 Å². The summed E-state index contributed by atoms with van der Waals surface area (Å²) in [6.45, 7) is 1.68. The summed E-state index contributed by atoms with van der Waals surface area (Å²) in [5.74, 6) is 0.849. The van der Waals surface area contributed by atoms with E-state index >= 15 is 0 Å². The van der Waals surface area contributed by atoms with E-state index in [0.717, 1.165) is 35.3 Å². The molecule has 128 valence electrons. The van der Waals surface area contributed by atoms with Crippen LogP contribution in [0.15, 0.2) is 54.6 Å². The number of hydrogen-bond donors (Lipinski definition) is 0. The number of carbonyl (C=O) groups is 1. The van der Waals surface area contributed by atoms with Gasteiger partial charge in [-0.05, 0) is 58.7 Å². The minimum atomic E-state index is 0.0739. The van der Waals surface area contributed by atoms with Crippen LogP contribution in [0.25, 0.3) is 6.08 Å². The average molecular weight is 445 g/mol. The van der Waals surface area contributed by atoms with Crippen molar-refractivity contribution < 1.29 is 9.53 Å². The van der Waals surface area contributed by atoms with Crippen LogP contribution < -0.4 is 4.74 Å². The molecule has 1 heterocycles. The van der Waals surface area contributed by atoms with Gasteiger partial charge in [0.25, 0.3) is 5.91 Å². The minimum absolute atomic E-state index is 0.0739. The van der Waals surface area contributed by atoms with E-state index in [2.05, 4.69) is 59.0 Å². The second-order valence-electron chi connectivity index (χ2n) is 6.68. The molecule has 1 fully saturated rings. The molecule has 25 heavy (non-hydrogen) atoms. The number of hydrogen-bond acceptors (Lipinski definition) is 2. The topological polar surface area (TPSA) is 29.5 Å². The maximum Gasteiger partial charge on any atom is 0.260 e. The number of fused-ring (bicyclic) bond motifs is 2. The van der Waals surface area contributed by atoms with E-state index in [9.17, 15) is 4.79 Å². The van der Waals surface area contributed by atoms with Crippen LogP contribution >= 0.6 is 22.6 Å². The van der Waals surface area contributed by atoms with Crippen molar-refractivity contribution in [2.24, 2.45) is 0 Å². The Labute approximate surface area is 161 Å². The van der Waals surface area contributed by atoms with E-state index in [-0.39, 0.29) is 17.9 Å². The lowest BCUT2D eigenvalue weighted by molar-refractivity contribution is -0.134. The Kier molecular flexibility index (Phi) is 4.54. The molecule has 4 rings (SSSR count). The highest BCUT2D eigenvalue weighted by Crippen LogP contribution is 2.43. The molecule has 1 saturated heterocycles. The Morgan fingerprint density at radius 2 is 1.80 bits per heavy atom. The molecule has 0 aromatic heterocycles. The van der Waals surface area contributed by atoms with E-state index in [0.29, 0.717) is 0 Å². The molecule has 0 N–H and O–H groups in total. The highest BCUT2D eigenvalue weighted by Gasteiger charge is 2.38. The third-order valence-electron chi connectivity index (χ3n) is 5.28. The van der Waals surface area contributed by atoms with E-state index in [1.165, 1.54) is 11.1 Å². The van der Waals surface area contributed by atoms with Crippen molar-refractivity contribution in [3.8, 4) is 5.75 Å². The number of carbonyl (C=O) groups excluding carboxylic acids is 1. The number of piperidine rings is 1. The van der Waals surface area contributed by atoms with Crippen LogP contribution in [0.1, 0.15) is 24.0 Å². The number of nitrogens with zero attached hydrogens (tertiary/aromatic N) is 1. The number of rotatable bonds is 3. The predicted octanol–water partition coefficient (Wildman–Crippen LogP) is 4.26. The first kappa shape index (κ1) is 16.6. The Bertz CT molecular complexity index is 822. The lowest BCUT2D eigenvalue weighted by Crippen LogP contribution is -2.45. The van der Waals surface area contributed by atoms with Crippen molar-refractivity contribution in [2.75, 3.05) is 19.7 Å². The van der Waals surface area contributed by atoms with Gasteiger partial charge in [-0.3, -0.25) is 4.79 Å². The quantitative estimate of drug-likeness (QED) is 0.662. The molecule has 2 aromatic carbocycles. The number of benzene rings is 2. The molecule has 2 aromatic rings. The number of ether oxygens (including phenoxy) is 1. The lowest BCUT2D eigenvalue weighted by Gasteiger charge is -2.39. The van der Waals surface area contributed by atoms with Gasteiger partial charge in [0.05, 0.1) is 3.57 Å². The molecular formula is C21H20INO2. The van der Waals surface area contributed by atoms with Gasteiger partial charge in [0.2, 0.25) is 0 Å². The average Bonchev–Trinajstić information content (AvgIpc) is 3.00. The van der Waals surface area contributed by atoms with E-state index in [1.807, 2.05) is 29.2 Å². The monoisotopic (exact) mass is 445 g/mol. The number of halogens is 1. The predicted molar refractivity (Wildman–Crippen MR) is 108 cm³/mol. The SMILES string of the molecule is O=C(COc1ccccc1I)N1CCC2(C=Cc3ccccc32)CC1. The summed E-state index contributed by atoms with van der Waals surface area (Å²) in [6, 6.07) is 16.4. The van der Waals surface area contributed by atoms with Crippen LogP contribution in [0.2, 0.25) is 0 Å². The van der Waals surface area contributed by atoms with E-state index in [4.69, 9.17) is 4.74 Å². The highest BCUT2D eigenvalue weighted by molar-refractivity contribution is 14.1. The normalized spacial score (nSPS) is 17.6. The van der Waals surface area contributed by atoms with Crippen LogP contribution in [-0.2, 0) is 10.2 Å². The van der Waals surface area contributed by atoms with Crippen molar-refractivity contribution in [2.45, 2.75) is 18.3 Å². The van der Waals surface area contributed by atoms with Gasteiger partial charge in [-0.1, -0.05) is 48.6 Å². The van der Waals surface area contributed by atoms with Crippen LogP contribution in [-0.4, -0.2) is 30.5 Å². The Morgan fingerprint density at radius 3 is 2.60 bits per heavy atom. The van der Waals surface area contributed by atoms with Gasteiger partial charge in [-0.15, -0.1) is 0 Å². The molecule has 0 radical (unpaired) electrons. The fraction of sp³-hybridized carbons (Fsp3) is 0.286. The molecule has 4 heteroatoms. The Morgan fingerprint density at radius 1 is 1.08 bits per heavy atom. The summed E-state index contributed by atoms with van der Waals surface area (Å²) in [5.41, 5.74) is 2.85. The largest absolute Gasteiger partial charge is 0.483 e. The summed E-state index contributed by atoms with van der Waals surface area (Å²) in [6.07, 6.45) is 6.53. The lowest BCUT2D eigenvalue weighted by atomic mass is 9.74.